The first-order valence-electron chi connectivity index (χ1n) is 10.6. The molecule has 1 atom stereocenters. The standard InChI is InChI=1S/C25H23N3O5S/c1-15-20-23(34-21(15)22(29)27-18-11-7-8-12-19(18)32-3)26-14-28(24(20)30)16(2)25(31)33-13-17-9-5-4-6-10-17/h4-12,14,16H,13H2,1-3H3,(H,27,29)/t16-/m0/s1. The van der Waals surface area contributed by atoms with Gasteiger partial charge in [0, 0.05) is 0 Å². The van der Waals surface area contributed by atoms with Crippen LogP contribution in [0.5, 0.6) is 5.75 Å². The second-order valence-corrected chi connectivity index (χ2v) is 8.62. The van der Waals surface area contributed by atoms with Crippen molar-refractivity contribution in [3.8, 4) is 5.75 Å². The molecule has 0 aliphatic heterocycles. The monoisotopic (exact) mass is 477 g/mol. The molecule has 0 unspecified atom stereocenters. The lowest BCUT2D eigenvalue weighted by Gasteiger charge is -2.14. The van der Waals surface area contributed by atoms with E-state index in [1.165, 1.54) is 18.0 Å². The molecule has 8 nitrogen and oxygen atoms in total. The van der Waals surface area contributed by atoms with Crippen LogP contribution in [0, 0.1) is 6.92 Å². The number of rotatable bonds is 7. The number of aryl methyl sites for hydroxylation is 1. The molecule has 0 radical (unpaired) electrons. The molecule has 1 N–H and O–H groups in total. The smallest absolute Gasteiger partial charge is 0.329 e. The average molecular weight is 478 g/mol. The molecule has 2 aromatic heterocycles. The van der Waals surface area contributed by atoms with E-state index in [2.05, 4.69) is 10.3 Å². The quantitative estimate of drug-likeness (QED) is 0.398. The fourth-order valence-electron chi connectivity index (χ4n) is 3.52. The van der Waals surface area contributed by atoms with Gasteiger partial charge in [-0.05, 0) is 37.1 Å². The third-order valence-electron chi connectivity index (χ3n) is 5.42. The number of carbonyl (C=O) groups is 2. The first-order chi connectivity index (χ1) is 16.4. The number of fused-ring (bicyclic) bond motifs is 1. The van der Waals surface area contributed by atoms with Crippen molar-refractivity contribution in [1.29, 1.82) is 0 Å². The SMILES string of the molecule is COc1ccccc1NC(=O)c1sc2ncn([C@@H](C)C(=O)OCc3ccccc3)c(=O)c2c1C. The number of hydrogen-bond donors (Lipinski definition) is 1. The van der Waals surface area contributed by atoms with Gasteiger partial charge in [0.1, 0.15) is 23.2 Å². The fourth-order valence-corrected chi connectivity index (χ4v) is 4.55. The van der Waals surface area contributed by atoms with E-state index in [0.717, 1.165) is 16.9 Å². The molecule has 0 aliphatic rings. The number of anilines is 1. The molecule has 0 bridgehead atoms. The molecule has 4 aromatic rings. The highest BCUT2D eigenvalue weighted by Crippen LogP contribution is 2.30. The summed E-state index contributed by atoms with van der Waals surface area (Å²) >= 11 is 1.12. The van der Waals surface area contributed by atoms with E-state index in [9.17, 15) is 14.4 Å². The van der Waals surface area contributed by atoms with Crippen LogP contribution >= 0.6 is 11.3 Å². The maximum atomic E-state index is 13.2. The molecule has 1 amide bonds. The molecule has 4 rings (SSSR count). The molecule has 34 heavy (non-hydrogen) atoms. The summed E-state index contributed by atoms with van der Waals surface area (Å²) in [7, 11) is 1.52. The van der Waals surface area contributed by atoms with Crippen molar-refractivity contribution in [3.63, 3.8) is 0 Å². The van der Waals surface area contributed by atoms with Crippen LogP contribution in [0.1, 0.15) is 33.8 Å². The maximum Gasteiger partial charge on any atom is 0.329 e. The van der Waals surface area contributed by atoms with Gasteiger partial charge in [0.05, 0.1) is 29.4 Å². The van der Waals surface area contributed by atoms with Gasteiger partial charge in [-0.3, -0.25) is 14.2 Å². The number of amides is 1. The van der Waals surface area contributed by atoms with Crippen LogP contribution in [0.2, 0.25) is 0 Å². The Labute approximate surface area is 199 Å². The number of carbonyl (C=O) groups excluding carboxylic acids is 2. The number of para-hydroxylation sites is 2. The molecule has 0 saturated carbocycles. The van der Waals surface area contributed by atoms with E-state index in [1.54, 1.807) is 38.1 Å². The van der Waals surface area contributed by atoms with Crippen LogP contribution in [0.3, 0.4) is 0 Å². The van der Waals surface area contributed by atoms with E-state index < -0.39 is 17.6 Å². The number of nitrogens with one attached hydrogen (secondary N) is 1. The van der Waals surface area contributed by atoms with Crippen LogP contribution in [0.4, 0.5) is 5.69 Å². The lowest BCUT2D eigenvalue weighted by molar-refractivity contribution is -0.148. The summed E-state index contributed by atoms with van der Waals surface area (Å²) in [5.41, 5.74) is 1.47. The molecule has 0 aliphatic carbocycles. The molecule has 2 heterocycles. The summed E-state index contributed by atoms with van der Waals surface area (Å²) in [6.45, 7) is 3.39. The minimum Gasteiger partial charge on any atom is -0.495 e. The van der Waals surface area contributed by atoms with Gasteiger partial charge < -0.3 is 14.8 Å². The Hall–Kier alpha value is -3.98. The van der Waals surface area contributed by atoms with E-state index >= 15 is 0 Å². The normalized spacial score (nSPS) is 11.7. The Balaban J connectivity index is 1.59. The van der Waals surface area contributed by atoms with Gasteiger partial charge in [-0.1, -0.05) is 42.5 Å². The fraction of sp³-hybridized carbons (Fsp3) is 0.200. The minimum atomic E-state index is -0.877. The van der Waals surface area contributed by atoms with E-state index in [-0.39, 0.29) is 12.5 Å². The van der Waals surface area contributed by atoms with E-state index in [0.29, 0.717) is 32.1 Å². The number of benzene rings is 2. The third-order valence-corrected chi connectivity index (χ3v) is 6.62. The van der Waals surface area contributed by atoms with Gasteiger partial charge in [-0.2, -0.15) is 0 Å². The Bertz CT molecular complexity index is 1410. The summed E-state index contributed by atoms with van der Waals surface area (Å²) in [5.74, 6) is -0.390. The van der Waals surface area contributed by atoms with Gasteiger partial charge >= 0.3 is 5.97 Å². The van der Waals surface area contributed by atoms with Crippen molar-refractivity contribution in [2.24, 2.45) is 0 Å². The van der Waals surface area contributed by atoms with Crippen molar-refractivity contribution in [2.75, 3.05) is 12.4 Å². The largest absolute Gasteiger partial charge is 0.495 e. The van der Waals surface area contributed by atoms with Crippen molar-refractivity contribution in [1.82, 2.24) is 9.55 Å². The zero-order valence-electron chi connectivity index (χ0n) is 18.9. The number of thiophene rings is 1. The number of methoxy groups -OCH3 is 1. The molecule has 2 aromatic carbocycles. The van der Waals surface area contributed by atoms with E-state index in [1.807, 2.05) is 30.3 Å². The summed E-state index contributed by atoms with van der Waals surface area (Å²) < 4.78 is 11.9. The van der Waals surface area contributed by atoms with Crippen molar-refractivity contribution < 1.29 is 19.1 Å². The summed E-state index contributed by atoms with van der Waals surface area (Å²) in [6, 6.07) is 15.5. The molecular formula is C25H23N3O5S. The Morgan fingerprint density at radius 1 is 1.12 bits per heavy atom. The van der Waals surface area contributed by atoms with Crippen LogP contribution in [-0.2, 0) is 16.1 Å². The van der Waals surface area contributed by atoms with Gasteiger partial charge in [-0.15, -0.1) is 11.3 Å². The van der Waals surface area contributed by atoms with Gasteiger partial charge in [0.15, 0.2) is 0 Å². The van der Waals surface area contributed by atoms with Crippen LogP contribution in [0.25, 0.3) is 10.2 Å². The zero-order chi connectivity index (χ0) is 24.2. The van der Waals surface area contributed by atoms with E-state index in [4.69, 9.17) is 9.47 Å². The molecule has 9 heteroatoms. The summed E-state index contributed by atoms with van der Waals surface area (Å²) in [6.07, 6.45) is 1.32. The first kappa shape index (κ1) is 23.2. The van der Waals surface area contributed by atoms with Gasteiger partial charge in [-0.25, -0.2) is 9.78 Å². The Morgan fingerprint density at radius 3 is 2.56 bits per heavy atom. The van der Waals surface area contributed by atoms with Crippen molar-refractivity contribution in [2.45, 2.75) is 26.5 Å². The Morgan fingerprint density at radius 2 is 1.82 bits per heavy atom. The van der Waals surface area contributed by atoms with Crippen LogP contribution < -0.4 is 15.6 Å². The number of nitrogens with zero attached hydrogens (tertiary/aromatic N) is 2. The molecular weight excluding hydrogens is 454 g/mol. The van der Waals surface area contributed by atoms with Gasteiger partial charge in [0.2, 0.25) is 0 Å². The summed E-state index contributed by atoms with van der Waals surface area (Å²) in [5, 5.41) is 3.13. The second-order valence-electron chi connectivity index (χ2n) is 7.62. The lowest BCUT2D eigenvalue weighted by Crippen LogP contribution is -2.29. The number of ether oxygens (including phenoxy) is 2. The molecule has 0 spiro atoms. The zero-order valence-corrected chi connectivity index (χ0v) is 19.7. The van der Waals surface area contributed by atoms with Crippen molar-refractivity contribution >= 4 is 39.1 Å². The second kappa shape index (κ2) is 9.88. The predicted molar refractivity (Wildman–Crippen MR) is 131 cm³/mol. The topological polar surface area (TPSA) is 99.5 Å². The predicted octanol–water partition coefficient (Wildman–Crippen LogP) is 4.33. The number of hydrogen-bond acceptors (Lipinski definition) is 7. The summed E-state index contributed by atoms with van der Waals surface area (Å²) in [4.78, 5) is 43.9. The molecule has 0 fully saturated rings. The Kier molecular flexibility index (Phi) is 6.74. The third kappa shape index (κ3) is 4.55. The highest BCUT2D eigenvalue weighted by molar-refractivity contribution is 7.20. The van der Waals surface area contributed by atoms with Crippen LogP contribution in [-0.4, -0.2) is 28.5 Å². The maximum absolute atomic E-state index is 13.2. The lowest BCUT2D eigenvalue weighted by atomic mass is 10.2. The van der Waals surface area contributed by atoms with Crippen LogP contribution in [0.15, 0.2) is 65.7 Å². The minimum absolute atomic E-state index is 0.110. The number of esters is 1. The highest BCUT2D eigenvalue weighted by Gasteiger charge is 2.24. The van der Waals surface area contributed by atoms with Crippen molar-refractivity contribution in [3.05, 3.63) is 87.3 Å². The molecule has 0 saturated heterocycles. The number of aromatic nitrogens is 2. The average Bonchev–Trinajstić information content (AvgIpc) is 3.20. The molecule has 174 valence electrons. The highest BCUT2D eigenvalue weighted by atomic mass is 32.1. The first-order valence-corrected chi connectivity index (χ1v) is 11.4. The van der Waals surface area contributed by atoms with Gasteiger partial charge in [0.25, 0.3) is 11.5 Å².